The van der Waals surface area contributed by atoms with Crippen LogP contribution in [0.1, 0.15) is 11.1 Å². The van der Waals surface area contributed by atoms with Crippen molar-refractivity contribution in [3.05, 3.63) is 65.5 Å². The van der Waals surface area contributed by atoms with Gasteiger partial charge in [0.25, 0.3) is 0 Å². The molecule has 2 rings (SSSR count). The lowest BCUT2D eigenvalue weighted by Gasteiger charge is -2.21. The third-order valence-electron chi connectivity index (χ3n) is 3.95. The Labute approximate surface area is 153 Å². The molecule has 0 aliphatic heterocycles. The van der Waals surface area contributed by atoms with Crippen LogP contribution in [0.3, 0.4) is 0 Å². The molecule has 0 heterocycles. The van der Waals surface area contributed by atoms with E-state index in [9.17, 15) is 14.0 Å². The van der Waals surface area contributed by atoms with E-state index < -0.39 is 0 Å². The molecule has 26 heavy (non-hydrogen) atoms. The summed E-state index contributed by atoms with van der Waals surface area (Å²) in [4.78, 5) is 27.4. The van der Waals surface area contributed by atoms with E-state index in [0.29, 0.717) is 17.8 Å². The summed E-state index contributed by atoms with van der Waals surface area (Å²) in [6.45, 7) is 2.35. The molecule has 2 aromatic carbocycles. The minimum atomic E-state index is -0.294. The molecule has 0 atom stereocenters. The summed E-state index contributed by atoms with van der Waals surface area (Å²) < 4.78 is 13.7. The fourth-order valence-electron chi connectivity index (χ4n) is 2.47. The zero-order valence-corrected chi connectivity index (χ0v) is 15.3. The maximum atomic E-state index is 13.7. The molecule has 0 aliphatic rings. The molecule has 0 aromatic heterocycles. The number of nitrogens with zero attached hydrogens (tertiary/aromatic N) is 2. The van der Waals surface area contributed by atoms with Crippen molar-refractivity contribution in [1.82, 2.24) is 9.80 Å². The van der Waals surface area contributed by atoms with Crippen LogP contribution in [0.2, 0.25) is 0 Å². The number of hydrogen-bond acceptors (Lipinski definition) is 3. The lowest BCUT2D eigenvalue weighted by molar-refractivity contribution is -0.134. The Morgan fingerprint density at radius 3 is 2.31 bits per heavy atom. The molecule has 0 radical (unpaired) electrons. The predicted octanol–water partition coefficient (Wildman–Crippen LogP) is 2.66. The number of halogens is 1. The van der Waals surface area contributed by atoms with Gasteiger partial charge in [-0.05, 0) is 32.2 Å². The van der Waals surface area contributed by atoms with Crippen LogP contribution in [0, 0.1) is 12.7 Å². The van der Waals surface area contributed by atoms with Crippen LogP contribution < -0.4 is 5.32 Å². The zero-order valence-electron chi connectivity index (χ0n) is 15.3. The van der Waals surface area contributed by atoms with Gasteiger partial charge in [0.15, 0.2) is 0 Å². The van der Waals surface area contributed by atoms with E-state index in [4.69, 9.17) is 0 Å². The van der Waals surface area contributed by atoms with Crippen molar-refractivity contribution in [3.63, 3.8) is 0 Å². The quantitative estimate of drug-likeness (QED) is 0.829. The van der Waals surface area contributed by atoms with E-state index in [1.165, 1.54) is 11.0 Å². The molecular formula is C20H24FN3O2. The molecule has 0 bridgehead atoms. The monoisotopic (exact) mass is 357 g/mol. The Bertz CT molecular complexity index is 762. The van der Waals surface area contributed by atoms with Crippen LogP contribution in [-0.2, 0) is 16.1 Å². The second-order valence-electron chi connectivity index (χ2n) is 6.43. The number of carbonyl (C=O) groups excluding carboxylic acids is 2. The van der Waals surface area contributed by atoms with E-state index in [2.05, 4.69) is 5.32 Å². The number of amides is 2. The minimum Gasteiger partial charge on any atom is -0.335 e. The number of likely N-dealkylation sites (N-methyl/N-ethyl adjacent to an activating group) is 2. The van der Waals surface area contributed by atoms with Gasteiger partial charge in [-0.15, -0.1) is 0 Å². The van der Waals surface area contributed by atoms with Gasteiger partial charge in [0.2, 0.25) is 11.8 Å². The first-order chi connectivity index (χ1) is 12.3. The molecule has 0 saturated carbocycles. The van der Waals surface area contributed by atoms with Crippen LogP contribution in [0.15, 0.2) is 48.5 Å². The third-order valence-corrected chi connectivity index (χ3v) is 3.95. The Morgan fingerprint density at radius 2 is 1.65 bits per heavy atom. The fraction of sp³-hybridized carbons (Fsp3) is 0.300. The van der Waals surface area contributed by atoms with Gasteiger partial charge in [-0.2, -0.15) is 0 Å². The summed E-state index contributed by atoms with van der Waals surface area (Å²) >= 11 is 0. The zero-order chi connectivity index (χ0) is 19.1. The molecule has 2 amide bonds. The second kappa shape index (κ2) is 9.10. The van der Waals surface area contributed by atoms with Gasteiger partial charge in [-0.25, -0.2) is 4.39 Å². The average molecular weight is 357 g/mol. The van der Waals surface area contributed by atoms with Crippen LogP contribution in [0.5, 0.6) is 0 Å². The van der Waals surface area contributed by atoms with Gasteiger partial charge >= 0.3 is 0 Å². The first kappa shape index (κ1) is 19.6. The first-order valence-corrected chi connectivity index (χ1v) is 8.37. The molecule has 2 aromatic rings. The fourth-order valence-corrected chi connectivity index (χ4v) is 2.47. The molecule has 5 nitrogen and oxygen atoms in total. The van der Waals surface area contributed by atoms with Crippen LogP contribution >= 0.6 is 0 Å². The summed E-state index contributed by atoms with van der Waals surface area (Å²) in [5.41, 5.74) is 2.33. The molecule has 0 fully saturated rings. The van der Waals surface area contributed by atoms with E-state index in [1.54, 1.807) is 37.2 Å². The molecule has 0 aliphatic carbocycles. The van der Waals surface area contributed by atoms with E-state index in [1.807, 2.05) is 31.2 Å². The van der Waals surface area contributed by atoms with Gasteiger partial charge < -0.3 is 10.2 Å². The Balaban J connectivity index is 1.81. The highest BCUT2D eigenvalue weighted by Gasteiger charge is 2.16. The maximum absolute atomic E-state index is 13.7. The van der Waals surface area contributed by atoms with Crippen molar-refractivity contribution >= 4 is 17.5 Å². The molecule has 138 valence electrons. The number of nitrogens with one attached hydrogen (secondary N) is 1. The summed E-state index contributed by atoms with van der Waals surface area (Å²) in [7, 11) is 3.32. The lowest BCUT2D eigenvalue weighted by atomic mass is 10.2. The van der Waals surface area contributed by atoms with Crippen molar-refractivity contribution in [1.29, 1.82) is 0 Å². The van der Waals surface area contributed by atoms with Crippen molar-refractivity contribution in [2.45, 2.75) is 13.5 Å². The summed E-state index contributed by atoms with van der Waals surface area (Å²) in [5, 5.41) is 2.76. The number of rotatable bonds is 7. The van der Waals surface area contributed by atoms with Crippen molar-refractivity contribution < 1.29 is 14.0 Å². The largest absolute Gasteiger partial charge is 0.335 e. The predicted molar refractivity (Wildman–Crippen MR) is 100 cm³/mol. The Morgan fingerprint density at radius 1 is 1.00 bits per heavy atom. The van der Waals surface area contributed by atoms with E-state index in [0.717, 1.165) is 5.56 Å². The highest BCUT2D eigenvalue weighted by molar-refractivity contribution is 5.94. The van der Waals surface area contributed by atoms with E-state index in [-0.39, 0.29) is 30.7 Å². The first-order valence-electron chi connectivity index (χ1n) is 8.37. The molecule has 0 saturated heterocycles. The van der Waals surface area contributed by atoms with Crippen LogP contribution in [0.4, 0.5) is 10.1 Å². The van der Waals surface area contributed by atoms with Crippen LogP contribution in [0.25, 0.3) is 0 Å². The summed E-state index contributed by atoms with van der Waals surface area (Å²) in [5.74, 6) is -0.762. The molecule has 0 unspecified atom stereocenters. The molecular weight excluding hydrogens is 333 g/mol. The normalized spacial score (nSPS) is 10.7. The number of benzene rings is 2. The molecule has 0 spiro atoms. The van der Waals surface area contributed by atoms with Gasteiger partial charge in [0.1, 0.15) is 5.82 Å². The number of carbonyl (C=O) groups is 2. The van der Waals surface area contributed by atoms with Crippen molar-refractivity contribution in [2.75, 3.05) is 32.5 Å². The lowest BCUT2D eigenvalue weighted by Crippen LogP contribution is -2.40. The standard InChI is InChI=1S/C20H24FN3O2/c1-15-8-10-17(11-9-15)22-19(25)13-24(3)20(26)14-23(2)12-16-6-4-5-7-18(16)21/h4-11H,12-14H2,1-3H3,(H,22,25). The van der Waals surface area contributed by atoms with Crippen LogP contribution in [-0.4, -0.2) is 48.8 Å². The van der Waals surface area contributed by atoms with Gasteiger partial charge in [0.05, 0.1) is 13.1 Å². The number of aryl methyl sites for hydroxylation is 1. The van der Waals surface area contributed by atoms with Gasteiger partial charge in [-0.1, -0.05) is 35.9 Å². The van der Waals surface area contributed by atoms with Gasteiger partial charge in [-0.3, -0.25) is 14.5 Å². The minimum absolute atomic E-state index is 0.0414. The number of hydrogen-bond donors (Lipinski definition) is 1. The highest BCUT2D eigenvalue weighted by Crippen LogP contribution is 2.10. The molecule has 1 N–H and O–H groups in total. The second-order valence-corrected chi connectivity index (χ2v) is 6.43. The SMILES string of the molecule is Cc1ccc(NC(=O)CN(C)C(=O)CN(C)Cc2ccccc2F)cc1. The van der Waals surface area contributed by atoms with E-state index >= 15 is 0 Å². The highest BCUT2D eigenvalue weighted by atomic mass is 19.1. The topological polar surface area (TPSA) is 52.7 Å². The summed E-state index contributed by atoms with van der Waals surface area (Å²) in [6.07, 6.45) is 0. The number of anilines is 1. The van der Waals surface area contributed by atoms with Gasteiger partial charge in [0, 0.05) is 24.8 Å². The average Bonchev–Trinajstić information content (AvgIpc) is 2.58. The third kappa shape index (κ3) is 5.97. The smallest absolute Gasteiger partial charge is 0.243 e. The Kier molecular flexibility index (Phi) is 6.86. The molecule has 6 heteroatoms. The maximum Gasteiger partial charge on any atom is 0.243 e. The van der Waals surface area contributed by atoms with Crippen molar-refractivity contribution in [2.24, 2.45) is 0 Å². The van der Waals surface area contributed by atoms with Crippen molar-refractivity contribution in [3.8, 4) is 0 Å². The summed E-state index contributed by atoms with van der Waals surface area (Å²) in [6, 6.07) is 13.9. The Hall–Kier alpha value is -2.73.